The van der Waals surface area contributed by atoms with E-state index in [2.05, 4.69) is 38.2 Å². The van der Waals surface area contributed by atoms with Gasteiger partial charge in [-0.15, -0.1) is 0 Å². The molecular weight excluding hydrogens is 266 g/mol. The van der Waals surface area contributed by atoms with Crippen molar-refractivity contribution >= 4 is 11.6 Å². The van der Waals surface area contributed by atoms with Crippen LogP contribution in [0.3, 0.4) is 0 Å². The van der Waals surface area contributed by atoms with Gasteiger partial charge in [0.05, 0.1) is 0 Å². The molecule has 1 fully saturated rings. The molecule has 0 bridgehead atoms. The van der Waals surface area contributed by atoms with Crippen LogP contribution in [0.5, 0.6) is 0 Å². The molecule has 1 nitrogen and oxygen atoms in total. The van der Waals surface area contributed by atoms with E-state index >= 15 is 0 Å². The van der Waals surface area contributed by atoms with Crippen LogP contribution in [-0.4, -0.2) is 12.6 Å². The second kappa shape index (κ2) is 7.47. The zero-order chi connectivity index (χ0) is 14.5. The molecule has 0 amide bonds. The van der Waals surface area contributed by atoms with Gasteiger partial charge in [-0.1, -0.05) is 57.3 Å². The Kier molecular flexibility index (Phi) is 5.92. The van der Waals surface area contributed by atoms with Crippen LogP contribution in [0.4, 0.5) is 0 Å². The number of hydrogen-bond donors (Lipinski definition) is 1. The summed E-state index contributed by atoms with van der Waals surface area (Å²) in [6.45, 7) is 7.93. The van der Waals surface area contributed by atoms with Gasteiger partial charge in [-0.3, -0.25) is 0 Å². The van der Waals surface area contributed by atoms with E-state index < -0.39 is 0 Å². The van der Waals surface area contributed by atoms with Gasteiger partial charge in [0, 0.05) is 11.1 Å². The van der Waals surface area contributed by atoms with E-state index in [1.807, 2.05) is 12.1 Å². The average molecular weight is 294 g/mol. The third-order valence-electron chi connectivity index (χ3n) is 4.77. The zero-order valence-electron chi connectivity index (χ0n) is 13.0. The van der Waals surface area contributed by atoms with Crippen molar-refractivity contribution in [1.29, 1.82) is 0 Å². The molecule has 0 saturated heterocycles. The summed E-state index contributed by atoms with van der Waals surface area (Å²) in [5, 5.41) is 4.47. The molecule has 2 heteroatoms. The lowest BCUT2D eigenvalue weighted by Gasteiger charge is -2.37. The van der Waals surface area contributed by atoms with Crippen LogP contribution in [0, 0.1) is 11.8 Å². The average Bonchev–Trinajstić information content (AvgIpc) is 2.45. The van der Waals surface area contributed by atoms with E-state index in [9.17, 15) is 0 Å². The number of nitrogens with one attached hydrogen (secondary N) is 1. The summed E-state index contributed by atoms with van der Waals surface area (Å²) in [7, 11) is 0. The second-order valence-electron chi connectivity index (χ2n) is 6.57. The molecule has 1 aromatic rings. The number of benzene rings is 1. The summed E-state index contributed by atoms with van der Waals surface area (Å²) < 4.78 is 0. The fraction of sp³-hybridized carbons (Fsp3) is 0.667. The number of hydrogen-bond acceptors (Lipinski definition) is 1. The van der Waals surface area contributed by atoms with E-state index in [4.69, 9.17) is 11.6 Å². The molecule has 0 aliphatic heterocycles. The first kappa shape index (κ1) is 15.9. The molecule has 1 aromatic carbocycles. The summed E-state index contributed by atoms with van der Waals surface area (Å²) in [6, 6.07) is 9.12. The highest BCUT2D eigenvalue weighted by atomic mass is 35.5. The zero-order valence-corrected chi connectivity index (χ0v) is 13.8. The monoisotopic (exact) mass is 293 g/mol. The van der Waals surface area contributed by atoms with Crippen LogP contribution >= 0.6 is 11.6 Å². The molecule has 0 spiro atoms. The highest BCUT2D eigenvalue weighted by Crippen LogP contribution is 2.41. The van der Waals surface area contributed by atoms with Crippen molar-refractivity contribution in [2.75, 3.05) is 6.54 Å². The smallest absolute Gasteiger partial charge is 0.0406 e. The second-order valence-corrected chi connectivity index (χ2v) is 7.00. The normalized spacial score (nSPS) is 26.9. The summed E-state index contributed by atoms with van der Waals surface area (Å²) >= 11 is 6.03. The Labute approximate surface area is 129 Å². The Bertz CT molecular complexity index is 398. The molecule has 2 rings (SSSR count). The fourth-order valence-corrected chi connectivity index (χ4v) is 3.57. The molecule has 0 aromatic heterocycles. The molecule has 3 atom stereocenters. The Hall–Kier alpha value is -0.530. The van der Waals surface area contributed by atoms with Gasteiger partial charge >= 0.3 is 0 Å². The van der Waals surface area contributed by atoms with Crippen LogP contribution in [-0.2, 0) is 0 Å². The van der Waals surface area contributed by atoms with Crippen molar-refractivity contribution in [3.8, 4) is 0 Å². The van der Waals surface area contributed by atoms with Gasteiger partial charge in [0.1, 0.15) is 0 Å². The first-order valence-electron chi connectivity index (χ1n) is 8.09. The van der Waals surface area contributed by atoms with Gasteiger partial charge in [-0.05, 0) is 54.8 Å². The summed E-state index contributed by atoms with van der Waals surface area (Å²) in [6.07, 6.45) is 5.40. The lowest BCUT2D eigenvalue weighted by molar-refractivity contribution is 0.222. The summed E-state index contributed by atoms with van der Waals surface area (Å²) in [5.41, 5.74) is 1.48. The van der Waals surface area contributed by atoms with Crippen molar-refractivity contribution < 1.29 is 0 Å². The van der Waals surface area contributed by atoms with E-state index in [1.54, 1.807) is 0 Å². The number of halogens is 1. The molecule has 1 aliphatic rings. The minimum Gasteiger partial charge on any atom is -0.314 e. The predicted molar refractivity (Wildman–Crippen MR) is 88.5 cm³/mol. The molecule has 112 valence electrons. The maximum absolute atomic E-state index is 6.03. The van der Waals surface area contributed by atoms with Gasteiger partial charge in [0.15, 0.2) is 0 Å². The van der Waals surface area contributed by atoms with Crippen molar-refractivity contribution in [1.82, 2.24) is 5.32 Å². The first-order valence-corrected chi connectivity index (χ1v) is 8.46. The molecule has 20 heavy (non-hydrogen) atoms. The van der Waals surface area contributed by atoms with E-state index in [0.717, 1.165) is 23.4 Å². The Morgan fingerprint density at radius 3 is 2.50 bits per heavy atom. The van der Waals surface area contributed by atoms with Crippen LogP contribution < -0.4 is 5.32 Å². The van der Waals surface area contributed by atoms with E-state index in [0.29, 0.717) is 12.0 Å². The Morgan fingerprint density at radius 2 is 1.90 bits per heavy atom. The van der Waals surface area contributed by atoms with Gasteiger partial charge in [0.2, 0.25) is 0 Å². The topological polar surface area (TPSA) is 12.0 Å². The Balaban J connectivity index is 2.10. The quantitative estimate of drug-likeness (QED) is 0.782. The van der Waals surface area contributed by atoms with Crippen molar-refractivity contribution in [2.24, 2.45) is 11.8 Å². The largest absolute Gasteiger partial charge is 0.314 e. The van der Waals surface area contributed by atoms with Crippen molar-refractivity contribution in [3.05, 3.63) is 34.9 Å². The van der Waals surface area contributed by atoms with E-state index in [-0.39, 0.29) is 0 Å². The fourth-order valence-electron chi connectivity index (χ4n) is 3.44. The summed E-state index contributed by atoms with van der Waals surface area (Å²) in [4.78, 5) is 0. The maximum Gasteiger partial charge on any atom is 0.0406 e. The molecule has 0 heterocycles. The van der Waals surface area contributed by atoms with Gasteiger partial charge in [-0.2, -0.15) is 0 Å². The molecule has 1 saturated carbocycles. The summed E-state index contributed by atoms with van der Waals surface area (Å²) in [5.74, 6) is 2.35. The molecule has 0 radical (unpaired) electrons. The molecule has 1 N–H and O–H groups in total. The van der Waals surface area contributed by atoms with Crippen LogP contribution in [0.25, 0.3) is 0 Å². The van der Waals surface area contributed by atoms with Crippen LogP contribution in [0.2, 0.25) is 5.02 Å². The van der Waals surface area contributed by atoms with Crippen molar-refractivity contribution in [3.63, 3.8) is 0 Å². The molecular formula is C18H28ClN. The van der Waals surface area contributed by atoms with Crippen LogP contribution in [0.15, 0.2) is 24.3 Å². The van der Waals surface area contributed by atoms with E-state index in [1.165, 1.54) is 31.2 Å². The van der Waals surface area contributed by atoms with Crippen molar-refractivity contribution in [2.45, 2.75) is 58.4 Å². The molecule has 3 unspecified atom stereocenters. The SMILES string of the molecule is CCC1CCC(CNC(C)C)C(c2ccc(Cl)cc2)C1. The maximum atomic E-state index is 6.03. The highest BCUT2D eigenvalue weighted by molar-refractivity contribution is 6.30. The Morgan fingerprint density at radius 1 is 1.20 bits per heavy atom. The first-order chi connectivity index (χ1) is 9.60. The van der Waals surface area contributed by atoms with Gasteiger partial charge < -0.3 is 5.32 Å². The third-order valence-corrected chi connectivity index (χ3v) is 5.02. The van der Waals surface area contributed by atoms with Gasteiger partial charge in [0.25, 0.3) is 0 Å². The predicted octanol–water partition coefficient (Wildman–Crippen LogP) is 5.25. The van der Waals surface area contributed by atoms with Crippen LogP contribution in [0.1, 0.15) is 57.9 Å². The minimum absolute atomic E-state index is 0.574. The molecule has 1 aliphatic carbocycles. The third kappa shape index (κ3) is 4.23. The lowest BCUT2D eigenvalue weighted by atomic mass is 9.70. The standard InChI is InChI=1S/C18H28ClN/c1-4-14-5-6-16(12-20-13(2)3)18(11-14)15-7-9-17(19)10-8-15/h7-10,13-14,16,18,20H,4-6,11-12H2,1-3H3. The van der Waals surface area contributed by atoms with Gasteiger partial charge in [-0.25, -0.2) is 0 Å². The minimum atomic E-state index is 0.574. The number of rotatable bonds is 5. The lowest BCUT2D eigenvalue weighted by Crippen LogP contribution is -2.35. The highest BCUT2D eigenvalue weighted by Gasteiger charge is 2.30.